The molecule has 0 unspecified atom stereocenters. The normalized spacial score (nSPS) is 11.3. The van der Waals surface area contributed by atoms with Gasteiger partial charge >= 0.3 is 0 Å². The number of pyridine rings is 1. The molecule has 1 heterocycles. The van der Waals surface area contributed by atoms with Crippen LogP contribution >= 0.6 is 0 Å². The molecule has 130 valence electrons. The fourth-order valence-electron chi connectivity index (χ4n) is 2.37. The quantitative estimate of drug-likeness (QED) is 0.766. The summed E-state index contributed by atoms with van der Waals surface area (Å²) >= 11 is 0. The SMILES string of the molecule is COc1cc(CCc2nc(C)ccc2O)cc(S(=O)(=O)O)c1OC. The highest BCUT2D eigenvalue weighted by atomic mass is 32.2. The van der Waals surface area contributed by atoms with Crippen LogP contribution in [0.15, 0.2) is 29.2 Å². The van der Waals surface area contributed by atoms with Crippen molar-refractivity contribution >= 4 is 10.1 Å². The third-order valence-corrected chi connectivity index (χ3v) is 4.38. The van der Waals surface area contributed by atoms with Crippen molar-refractivity contribution in [3.05, 3.63) is 41.2 Å². The molecule has 1 aromatic heterocycles. The van der Waals surface area contributed by atoms with E-state index in [2.05, 4.69) is 4.98 Å². The Kier molecular flexibility index (Phi) is 5.30. The molecule has 2 rings (SSSR count). The van der Waals surface area contributed by atoms with Crippen LogP contribution in [0.1, 0.15) is 17.0 Å². The predicted molar refractivity (Wildman–Crippen MR) is 87.4 cm³/mol. The Hall–Kier alpha value is -2.32. The highest BCUT2D eigenvalue weighted by Crippen LogP contribution is 2.36. The summed E-state index contributed by atoms with van der Waals surface area (Å²) in [5.74, 6) is 0.223. The molecule has 0 amide bonds. The lowest BCUT2D eigenvalue weighted by atomic mass is 10.1. The second-order valence-corrected chi connectivity index (χ2v) is 6.61. The van der Waals surface area contributed by atoms with Gasteiger partial charge in [-0.2, -0.15) is 8.42 Å². The summed E-state index contributed by atoms with van der Waals surface area (Å²) < 4.78 is 42.7. The van der Waals surface area contributed by atoms with Crippen molar-refractivity contribution in [3.8, 4) is 17.2 Å². The Morgan fingerprint density at radius 3 is 2.42 bits per heavy atom. The van der Waals surface area contributed by atoms with Crippen molar-refractivity contribution in [3.63, 3.8) is 0 Å². The summed E-state index contributed by atoms with van der Waals surface area (Å²) in [5, 5.41) is 9.84. The number of nitrogens with zero attached hydrogens (tertiary/aromatic N) is 1. The smallest absolute Gasteiger partial charge is 0.298 e. The van der Waals surface area contributed by atoms with E-state index in [1.807, 2.05) is 6.92 Å². The fraction of sp³-hybridized carbons (Fsp3) is 0.312. The van der Waals surface area contributed by atoms with Gasteiger partial charge in [-0.05, 0) is 49.6 Å². The number of aryl methyl sites for hydroxylation is 3. The zero-order valence-corrected chi connectivity index (χ0v) is 14.4. The molecule has 0 aliphatic carbocycles. The molecule has 0 atom stereocenters. The van der Waals surface area contributed by atoms with Crippen molar-refractivity contribution in [2.24, 2.45) is 0 Å². The first kappa shape index (κ1) is 18.0. The number of methoxy groups -OCH3 is 2. The lowest BCUT2D eigenvalue weighted by Crippen LogP contribution is -2.05. The number of aromatic hydroxyl groups is 1. The minimum absolute atomic E-state index is 0.0553. The summed E-state index contributed by atoms with van der Waals surface area (Å²) in [5.41, 5.74) is 1.88. The Bertz CT molecular complexity index is 848. The van der Waals surface area contributed by atoms with Gasteiger partial charge in [-0.3, -0.25) is 9.54 Å². The maximum absolute atomic E-state index is 11.6. The van der Waals surface area contributed by atoms with E-state index < -0.39 is 10.1 Å². The minimum atomic E-state index is -4.47. The third-order valence-electron chi connectivity index (χ3n) is 3.52. The van der Waals surface area contributed by atoms with Gasteiger partial charge in [0.15, 0.2) is 11.5 Å². The lowest BCUT2D eigenvalue weighted by Gasteiger charge is -2.13. The zero-order valence-electron chi connectivity index (χ0n) is 13.6. The first-order valence-corrected chi connectivity index (χ1v) is 8.58. The molecule has 0 spiro atoms. The number of hydrogen-bond donors (Lipinski definition) is 2. The maximum Gasteiger partial charge on any atom is 0.298 e. The van der Waals surface area contributed by atoms with E-state index in [4.69, 9.17) is 9.47 Å². The molecule has 0 fully saturated rings. The Morgan fingerprint density at radius 2 is 1.83 bits per heavy atom. The van der Waals surface area contributed by atoms with Gasteiger partial charge in [-0.1, -0.05) is 0 Å². The van der Waals surface area contributed by atoms with Crippen LogP contribution in [0.2, 0.25) is 0 Å². The van der Waals surface area contributed by atoms with E-state index in [0.717, 1.165) is 5.69 Å². The van der Waals surface area contributed by atoms with Crippen LogP contribution in [0.4, 0.5) is 0 Å². The largest absolute Gasteiger partial charge is 0.506 e. The molecule has 0 saturated carbocycles. The Morgan fingerprint density at radius 1 is 1.12 bits per heavy atom. The van der Waals surface area contributed by atoms with E-state index in [-0.39, 0.29) is 22.1 Å². The number of benzene rings is 1. The molecule has 8 heteroatoms. The summed E-state index contributed by atoms with van der Waals surface area (Å²) in [7, 11) is -1.80. The van der Waals surface area contributed by atoms with Gasteiger partial charge in [0, 0.05) is 5.69 Å². The number of hydrogen-bond acceptors (Lipinski definition) is 6. The third kappa shape index (κ3) is 3.95. The van der Waals surface area contributed by atoms with Gasteiger partial charge in [0.2, 0.25) is 0 Å². The van der Waals surface area contributed by atoms with Gasteiger partial charge in [-0.25, -0.2) is 0 Å². The average molecular weight is 353 g/mol. The highest BCUT2D eigenvalue weighted by Gasteiger charge is 2.22. The molecule has 2 N–H and O–H groups in total. The lowest BCUT2D eigenvalue weighted by molar-refractivity contribution is 0.344. The number of aromatic nitrogens is 1. The van der Waals surface area contributed by atoms with Gasteiger partial charge in [-0.15, -0.1) is 0 Å². The number of ether oxygens (including phenoxy) is 2. The van der Waals surface area contributed by atoms with Crippen molar-refractivity contribution in [1.82, 2.24) is 4.98 Å². The zero-order chi connectivity index (χ0) is 17.9. The van der Waals surface area contributed by atoms with Crippen LogP contribution < -0.4 is 9.47 Å². The standard InChI is InChI=1S/C16H19NO6S/c1-10-4-7-13(18)12(17-10)6-5-11-8-14(22-2)16(23-3)15(9-11)24(19,20)21/h4,7-9,18H,5-6H2,1-3H3,(H,19,20,21). The Balaban J connectivity index is 2.39. The molecular formula is C16H19NO6S. The van der Waals surface area contributed by atoms with Crippen molar-refractivity contribution in [1.29, 1.82) is 0 Å². The molecule has 1 aromatic carbocycles. The van der Waals surface area contributed by atoms with Crippen LogP contribution in [-0.4, -0.2) is 37.3 Å². The van der Waals surface area contributed by atoms with Crippen molar-refractivity contribution < 1.29 is 27.6 Å². The molecule has 0 aliphatic rings. The molecule has 7 nitrogen and oxygen atoms in total. The Labute approximate surface area is 140 Å². The second-order valence-electron chi connectivity index (χ2n) is 5.22. The predicted octanol–water partition coefficient (Wildman–Crippen LogP) is 2.14. The summed E-state index contributed by atoms with van der Waals surface area (Å²) in [6.45, 7) is 1.82. The molecule has 0 aliphatic heterocycles. The molecular weight excluding hydrogens is 334 g/mol. The second kappa shape index (κ2) is 7.06. The summed E-state index contributed by atoms with van der Waals surface area (Å²) in [4.78, 5) is 3.90. The first-order valence-electron chi connectivity index (χ1n) is 7.14. The summed E-state index contributed by atoms with van der Waals surface area (Å²) in [6, 6.07) is 6.21. The minimum Gasteiger partial charge on any atom is -0.506 e. The first-order chi connectivity index (χ1) is 11.3. The molecule has 2 aromatic rings. The molecule has 0 radical (unpaired) electrons. The van der Waals surface area contributed by atoms with Crippen molar-refractivity contribution in [2.45, 2.75) is 24.7 Å². The molecule has 0 bridgehead atoms. The topological polar surface area (TPSA) is 106 Å². The van der Waals surface area contributed by atoms with Gasteiger partial charge in [0.1, 0.15) is 10.6 Å². The van der Waals surface area contributed by atoms with E-state index >= 15 is 0 Å². The number of rotatable bonds is 6. The van der Waals surface area contributed by atoms with E-state index in [0.29, 0.717) is 24.1 Å². The van der Waals surface area contributed by atoms with Crippen LogP contribution in [0.5, 0.6) is 17.2 Å². The van der Waals surface area contributed by atoms with Gasteiger partial charge in [0.25, 0.3) is 10.1 Å². The summed E-state index contributed by atoms with van der Waals surface area (Å²) in [6.07, 6.45) is 0.792. The fourth-order valence-corrected chi connectivity index (χ4v) is 3.09. The van der Waals surface area contributed by atoms with Gasteiger partial charge in [0.05, 0.1) is 19.9 Å². The van der Waals surface area contributed by atoms with Gasteiger partial charge < -0.3 is 14.6 Å². The van der Waals surface area contributed by atoms with E-state index in [9.17, 15) is 18.1 Å². The monoisotopic (exact) mass is 353 g/mol. The van der Waals surface area contributed by atoms with Crippen molar-refractivity contribution in [2.75, 3.05) is 14.2 Å². The van der Waals surface area contributed by atoms with Crippen LogP contribution in [0.25, 0.3) is 0 Å². The van der Waals surface area contributed by atoms with Crippen LogP contribution in [-0.2, 0) is 23.0 Å². The maximum atomic E-state index is 11.6. The average Bonchev–Trinajstić information content (AvgIpc) is 2.53. The highest BCUT2D eigenvalue weighted by molar-refractivity contribution is 7.86. The van der Waals surface area contributed by atoms with E-state index in [1.54, 1.807) is 18.2 Å². The van der Waals surface area contributed by atoms with E-state index in [1.165, 1.54) is 20.3 Å². The molecule has 0 saturated heterocycles. The van der Waals surface area contributed by atoms with Crippen LogP contribution in [0, 0.1) is 6.92 Å². The molecule has 24 heavy (non-hydrogen) atoms. The van der Waals surface area contributed by atoms with Crippen LogP contribution in [0.3, 0.4) is 0 Å².